The number of sulfonamides is 1. The third kappa shape index (κ3) is 6.47. The summed E-state index contributed by atoms with van der Waals surface area (Å²) in [6.07, 6.45) is 1.07. The van der Waals surface area contributed by atoms with Crippen LogP contribution in [0.15, 0.2) is 24.3 Å². The van der Waals surface area contributed by atoms with Crippen molar-refractivity contribution >= 4 is 19.9 Å². The molecule has 0 aliphatic rings. The lowest BCUT2D eigenvalue weighted by atomic mass is 10.1. The number of hydrogen-bond acceptors (Lipinski definition) is 5. The highest BCUT2D eigenvalue weighted by Gasteiger charge is 2.18. The summed E-state index contributed by atoms with van der Waals surface area (Å²) in [6.45, 7) is 1.86. The first-order valence-electron chi connectivity index (χ1n) is 6.07. The van der Waals surface area contributed by atoms with E-state index < -0.39 is 25.9 Å². The van der Waals surface area contributed by atoms with Gasteiger partial charge in [-0.1, -0.05) is 24.3 Å². The largest absolute Gasteiger partial charge is 0.326 e. The minimum Gasteiger partial charge on any atom is -0.326 e. The Labute approximate surface area is 120 Å². The van der Waals surface area contributed by atoms with Gasteiger partial charge in [0.25, 0.3) is 0 Å². The maximum absolute atomic E-state index is 12.0. The summed E-state index contributed by atoms with van der Waals surface area (Å²) in [5, 5.41) is 0. The summed E-state index contributed by atoms with van der Waals surface area (Å²) in [6, 6.07) is 6.32. The van der Waals surface area contributed by atoms with Crippen LogP contribution in [-0.4, -0.2) is 34.9 Å². The number of benzene rings is 1. The van der Waals surface area contributed by atoms with Crippen LogP contribution >= 0.6 is 0 Å². The molecule has 0 amide bonds. The van der Waals surface area contributed by atoms with E-state index in [0.717, 1.165) is 11.8 Å². The minimum absolute atomic E-state index is 0.199. The average Bonchev–Trinajstić information content (AvgIpc) is 2.24. The van der Waals surface area contributed by atoms with Gasteiger partial charge in [-0.2, -0.15) is 0 Å². The number of sulfone groups is 1. The van der Waals surface area contributed by atoms with E-state index in [0.29, 0.717) is 12.1 Å². The number of nitrogens with two attached hydrogens (primary N) is 1. The van der Waals surface area contributed by atoms with Crippen LogP contribution in [0.1, 0.15) is 18.1 Å². The molecular formula is C12H20N2O4S2. The van der Waals surface area contributed by atoms with E-state index in [1.165, 1.54) is 6.92 Å². The summed E-state index contributed by atoms with van der Waals surface area (Å²) in [5.41, 5.74) is 6.97. The lowest BCUT2D eigenvalue weighted by molar-refractivity contribution is 0.564. The number of nitrogens with one attached hydrogen (secondary N) is 1. The lowest BCUT2D eigenvalue weighted by Crippen LogP contribution is -2.37. The molecule has 6 nitrogen and oxygen atoms in total. The molecule has 0 heterocycles. The van der Waals surface area contributed by atoms with E-state index in [4.69, 9.17) is 5.73 Å². The van der Waals surface area contributed by atoms with Crippen LogP contribution in [0.3, 0.4) is 0 Å². The Bertz CT molecular complexity index is 654. The molecule has 1 atom stereocenters. The first kappa shape index (κ1) is 17.1. The van der Waals surface area contributed by atoms with Gasteiger partial charge < -0.3 is 5.73 Å². The Morgan fingerprint density at radius 1 is 1.20 bits per heavy atom. The van der Waals surface area contributed by atoms with Gasteiger partial charge in [0.15, 0.2) is 0 Å². The van der Waals surface area contributed by atoms with Crippen molar-refractivity contribution in [1.82, 2.24) is 4.72 Å². The molecule has 1 aromatic rings. The van der Waals surface area contributed by atoms with Crippen molar-refractivity contribution in [3.8, 4) is 0 Å². The summed E-state index contributed by atoms with van der Waals surface area (Å²) in [4.78, 5) is 0. The molecule has 114 valence electrons. The summed E-state index contributed by atoms with van der Waals surface area (Å²) >= 11 is 0. The molecule has 1 unspecified atom stereocenters. The molecule has 0 fully saturated rings. The first-order valence-corrected chi connectivity index (χ1v) is 9.78. The van der Waals surface area contributed by atoms with E-state index in [1.807, 2.05) is 6.07 Å². The van der Waals surface area contributed by atoms with Crippen LogP contribution in [-0.2, 0) is 32.2 Å². The van der Waals surface area contributed by atoms with Crippen LogP contribution in [0, 0.1) is 0 Å². The summed E-state index contributed by atoms with van der Waals surface area (Å²) in [7, 11) is -6.81. The number of hydrogen-bond donors (Lipinski definition) is 2. The monoisotopic (exact) mass is 320 g/mol. The predicted molar refractivity (Wildman–Crippen MR) is 79.3 cm³/mol. The van der Waals surface area contributed by atoms with Crippen molar-refractivity contribution in [2.24, 2.45) is 5.73 Å². The molecule has 1 aromatic carbocycles. The molecular weight excluding hydrogens is 300 g/mol. The fourth-order valence-electron chi connectivity index (χ4n) is 1.90. The van der Waals surface area contributed by atoms with Gasteiger partial charge in [-0.15, -0.1) is 0 Å². The minimum atomic E-state index is -3.59. The lowest BCUT2D eigenvalue weighted by Gasteiger charge is -2.13. The van der Waals surface area contributed by atoms with Crippen LogP contribution in [0.2, 0.25) is 0 Å². The first-order chi connectivity index (χ1) is 9.11. The van der Waals surface area contributed by atoms with Gasteiger partial charge in [0.05, 0.1) is 11.5 Å². The maximum Gasteiger partial charge on any atom is 0.216 e. The van der Waals surface area contributed by atoms with Crippen molar-refractivity contribution in [2.45, 2.75) is 25.3 Å². The standard InChI is InChI=1S/C12H20N2O4S2/c1-10(8-19(2,15)16)14-20(17,18)9-12-5-3-4-11(6-12)7-13/h3-6,10,14H,7-9,13H2,1-2H3. The quantitative estimate of drug-likeness (QED) is 0.735. The highest BCUT2D eigenvalue weighted by Crippen LogP contribution is 2.09. The van der Waals surface area contributed by atoms with Crippen LogP contribution in [0.25, 0.3) is 0 Å². The normalized spacial score (nSPS) is 14.2. The molecule has 0 saturated carbocycles. The van der Waals surface area contributed by atoms with Crippen molar-refractivity contribution in [1.29, 1.82) is 0 Å². The second kappa shape index (κ2) is 6.66. The molecule has 1 rings (SSSR count). The highest BCUT2D eigenvalue weighted by molar-refractivity contribution is 7.91. The molecule has 0 spiro atoms. The zero-order chi connectivity index (χ0) is 15.4. The van der Waals surface area contributed by atoms with Gasteiger partial charge >= 0.3 is 0 Å². The van der Waals surface area contributed by atoms with Crippen LogP contribution in [0.5, 0.6) is 0 Å². The molecule has 20 heavy (non-hydrogen) atoms. The third-order valence-corrected chi connectivity index (χ3v) is 5.10. The fraction of sp³-hybridized carbons (Fsp3) is 0.500. The Morgan fingerprint density at radius 2 is 1.80 bits per heavy atom. The molecule has 8 heteroatoms. The Hall–Kier alpha value is -0.960. The van der Waals surface area contributed by atoms with Crippen molar-refractivity contribution < 1.29 is 16.8 Å². The van der Waals surface area contributed by atoms with Gasteiger partial charge in [0, 0.05) is 18.8 Å². The smallest absolute Gasteiger partial charge is 0.216 e. The Morgan fingerprint density at radius 3 is 2.35 bits per heavy atom. The molecule has 0 aliphatic heterocycles. The van der Waals surface area contributed by atoms with E-state index in [9.17, 15) is 16.8 Å². The van der Waals surface area contributed by atoms with Gasteiger partial charge in [0.2, 0.25) is 10.0 Å². The highest BCUT2D eigenvalue weighted by atomic mass is 32.2. The predicted octanol–water partition coefficient (Wildman–Crippen LogP) is -0.00220. The topological polar surface area (TPSA) is 106 Å². The zero-order valence-corrected chi connectivity index (χ0v) is 13.2. The maximum atomic E-state index is 12.0. The average molecular weight is 320 g/mol. The molecule has 0 bridgehead atoms. The second-order valence-corrected chi connectivity index (χ2v) is 8.83. The van der Waals surface area contributed by atoms with Crippen molar-refractivity contribution in [2.75, 3.05) is 12.0 Å². The van der Waals surface area contributed by atoms with Gasteiger partial charge in [0.1, 0.15) is 9.84 Å². The molecule has 3 N–H and O–H groups in total. The fourth-order valence-corrected chi connectivity index (χ4v) is 4.40. The van der Waals surface area contributed by atoms with Gasteiger partial charge in [-0.3, -0.25) is 0 Å². The second-order valence-electron chi connectivity index (χ2n) is 4.89. The van der Waals surface area contributed by atoms with E-state index in [-0.39, 0.29) is 11.5 Å². The Kier molecular flexibility index (Phi) is 5.69. The molecule has 0 aliphatic carbocycles. The van der Waals surface area contributed by atoms with Crippen LogP contribution in [0.4, 0.5) is 0 Å². The van der Waals surface area contributed by atoms with Crippen molar-refractivity contribution in [3.05, 3.63) is 35.4 Å². The van der Waals surface area contributed by atoms with E-state index in [2.05, 4.69) is 4.72 Å². The van der Waals surface area contributed by atoms with Crippen molar-refractivity contribution in [3.63, 3.8) is 0 Å². The van der Waals surface area contributed by atoms with E-state index >= 15 is 0 Å². The summed E-state index contributed by atoms with van der Waals surface area (Å²) < 4.78 is 48.5. The van der Waals surface area contributed by atoms with Crippen LogP contribution < -0.4 is 10.5 Å². The van der Waals surface area contributed by atoms with Gasteiger partial charge in [-0.25, -0.2) is 21.6 Å². The molecule has 0 saturated heterocycles. The van der Waals surface area contributed by atoms with Gasteiger partial charge in [-0.05, 0) is 18.1 Å². The molecule has 0 aromatic heterocycles. The zero-order valence-electron chi connectivity index (χ0n) is 11.5. The van der Waals surface area contributed by atoms with E-state index in [1.54, 1.807) is 18.2 Å². The third-order valence-electron chi connectivity index (χ3n) is 2.52. The summed E-state index contributed by atoms with van der Waals surface area (Å²) in [5.74, 6) is -0.427. The SMILES string of the molecule is CC(CS(C)(=O)=O)NS(=O)(=O)Cc1cccc(CN)c1. The Balaban J connectivity index is 2.74. The number of rotatable bonds is 7. The molecule has 0 radical (unpaired) electrons.